The predicted molar refractivity (Wildman–Crippen MR) is 86.0 cm³/mol. The minimum atomic E-state index is -0.530. The van der Waals surface area contributed by atoms with Gasteiger partial charge in [0.05, 0.1) is 6.61 Å². The molecule has 0 heterocycles. The minimum Gasteiger partial charge on any atom is -0.463 e. The van der Waals surface area contributed by atoms with Gasteiger partial charge >= 0.3 is 0 Å². The third-order valence-corrected chi connectivity index (χ3v) is 3.31. The SMILES string of the molecule is C=Cc1ccc(OC(C)(CCC)OCCCCC)cc1. The van der Waals surface area contributed by atoms with Crippen molar-refractivity contribution in [2.24, 2.45) is 0 Å². The van der Waals surface area contributed by atoms with Crippen LogP contribution >= 0.6 is 0 Å². The number of ether oxygens (including phenoxy) is 2. The van der Waals surface area contributed by atoms with Crippen molar-refractivity contribution >= 4 is 6.08 Å². The van der Waals surface area contributed by atoms with Gasteiger partial charge in [0.25, 0.3) is 0 Å². The molecule has 0 aliphatic rings. The van der Waals surface area contributed by atoms with Crippen LogP contribution in [0.5, 0.6) is 5.75 Å². The van der Waals surface area contributed by atoms with E-state index in [-0.39, 0.29) is 0 Å². The van der Waals surface area contributed by atoms with Crippen LogP contribution in [0.2, 0.25) is 0 Å². The number of hydrogen-bond acceptors (Lipinski definition) is 2. The van der Waals surface area contributed by atoms with Gasteiger partial charge in [-0.15, -0.1) is 0 Å². The third-order valence-electron chi connectivity index (χ3n) is 3.31. The molecule has 0 aromatic heterocycles. The Bertz CT molecular complexity index is 383. The summed E-state index contributed by atoms with van der Waals surface area (Å²) in [5.41, 5.74) is 1.10. The molecule has 112 valence electrons. The molecule has 0 bridgehead atoms. The number of unbranched alkanes of at least 4 members (excludes halogenated alkanes) is 2. The smallest absolute Gasteiger partial charge is 0.207 e. The van der Waals surface area contributed by atoms with E-state index in [9.17, 15) is 0 Å². The molecule has 0 saturated carbocycles. The first kappa shape index (κ1) is 16.8. The van der Waals surface area contributed by atoms with Crippen LogP contribution in [0.15, 0.2) is 30.8 Å². The third kappa shape index (κ3) is 5.79. The Morgan fingerprint density at radius 2 is 1.80 bits per heavy atom. The number of benzene rings is 1. The van der Waals surface area contributed by atoms with Crippen LogP contribution in [0.1, 0.15) is 58.4 Å². The lowest BCUT2D eigenvalue weighted by Crippen LogP contribution is -2.36. The van der Waals surface area contributed by atoms with Gasteiger partial charge in [-0.05, 0) is 30.5 Å². The Morgan fingerprint density at radius 3 is 2.35 bits per heavy atom. The summed E-state index contributed by atoms with van der Waals surface area (Å²) in [6, 6.07) is 7.96. The molecule has 20 heavy (non-hydrogen) atoms. The molecule has 2 nitrogen and oxygen atoms in total. The van der Waals surface area contributed by atoms with Crippen LogP contribution in [0, 0.1) is 0 Å². The highest BCUT2D eigenvalue weighted by Gasteiger charge is 2.26. The van der Waals surface area contributed by atoms with E-state index in [1.165, 1.54) is 12.8 Å². The molecule has 0 aliphatic heterocycles. The maximum absolute atomic E-state index is 6.07. The van der Waals surface area contributed by atoms with Gasteiger partial charge in [-0.1, -0.05) is 51.5 Å². The summed E-state index contributed by atoms with van der Waals surface area (Å²) in [5.74, 6) is 0.320. The average Bonchev–Trinajstić information content (AvgIpc) is 2.45. The van der Waals surface area contributed by atoms with Gasteiger partial charge in [0.15, 0.2) is 0 Å². The lowest BCUT2D eigenvalue weighted by atomic mass is 10.1. The minimum absolute atomic E-state index is 0.530. The monoisotopic (exact) mass is 276 g/mol. The van der Waals surface area contributed by atoms with Crippen LogP contribution in [-0.4, -0.2) is 12.4 Å². The van der Waals surface area contributed by atoms with Gasteiger partial charge in [0, 0.05) is 13.3 Å². The van der Waals surface area contributed by atoms with Crippen molar-refractivity contribution in [2.45, 2.75) is 58.7 Å². The van der Waals surface area contributed by atoms with Crippen LogP contribution < -0.4 is 4.74 Å². The first-order chi connectivity index (χ1) is 9.63. The fourth-order valence-electron chi connectivity index (χ4n) is 2.17. The molecule has 0 aliphatic carbocycles. The molecule has 0 N–H and O–H groups in total. The maximum atomic E-state index is 6.07. The molecule has 2 heteroatoms. The van der Waals surface area contributed by atoms with Crippen LogP contribution in [0.4, 0.5) is 0 Å². The van der Waals surface area contributed by atoms with Crippen LogP contribution in [-0.2, 0) is 4.74 Å². The zero-order chi connectivity index (χ0) is 14.8. The van der Waals surface area contributed by atoms with Crippen molar-refractivity contribution < 1.29 is 9.47 Å². The second kappa shape index (κ2) is 8.80. The zero-order valence-corrected chi connectivity index (χ0v) is 13.2. The number of hydrogen-bond donors (Lipinski definition) is 0. The molecule has 1 rings (SSSR count). The lowest BCUT2D eigenvalue weighted by Gasteiger charge is -2.30. The lowest BCUT2D eigenvalue weighted by molar-refractivity contribution is -0.175. The molecule has 0 spiro atoms. The van der Waals surface area contributed by atoms with Crippen molar-refractivity contribution in [2.75, 3.05) is 6.61 Å². The molecular weight excluding hydrogens is 248 g/mol. The van der Waals surface area contributed by atoms with Crippen molar-refractivity contribution in [3.05, 3.63) is 36.4 Å². The van der Waals surface area contributed by atoms with Gasteiger partial charge in [-0.2, -0.15) is 0 Å². The summed E-state index contributed by atoms with van der Waals surface area (Å²) in [4.78, 5) is 0. The average molecular weight is 276 g/mol. The largest absolute Gasteiger partial charge is 0.463 e. The van der Waals surface area contributed by atoms with Crippen molar-refractivity contribution in [1.82, 2.24) is 0 Å². The van der Waals surface area contributed by atoms with E-state index in [0.29, 0.717) is 0 Å². The van der Waals surface area contributed by atoms with E-state index in [0.717, 1.165) is 37.2 Å². The molecule has 0 radical (unpaired) electrons. The summed E-state index contributed by atoms with van der Waals surface area (Å²) >= 11 is 0. The topological polar surface area (TPSA) is 18.5 Å². The first-order valence-electron chi connectivity index (χ1n) is 7.69. The first-order valence-corrected chi connectivity index (χ1v) is 7.69. The van der Waals surface area contributed by atoms with E-state index in [4.69, 9.17) is 9.47 Å². The van der Waals surface area contributed by atoms with E-state index in [2.05, 4.69) is 20.4 Å². The van der Waals surface area contributed by atoms with Gasteiger partial charge in [0.1, 0.15) is 5.75 Å². The molecule has 0 saturated heterocycles. The summed E-state index contributed by atoms with van der Waals surface area (Å²) < 4.78 is 12.1. The number of rotatable bonds is 10. The van der Waals surface area contributed by atoms with Gasteiger partial charge in [-0.25, -0.2) is 0 Å². The normalized spacial score (nSPS) is 13.8. The van der Waals surface area contributed by atoms with Crippen molar-refractivity contribution in [3.63, 3.8) is 0 Å². The van der Waals surface area contributed by atoms with E-state index < -0.39 is 5.79 Å². The molecular formula is C18H28O2. The molecule has 0 amide bonds. The van der Waals surface area contributed by atoms with E-state index >= 15 is 0 Å². The molecule has 1 aromatic carbocycles. The second-order valence-electron chi connectivity index (χ2n) is 5.31. The van der Waals surface area contributed by atoms with Gasteiger partial charge < -0.3 is 9.47 Å². The zero-order valence-electron chi connectivity index (χ0n) is 13.2. The van der Waals surface area contributed by atoms with E-state index in [1.54, 1.807) is 0 Å². The molecule has 1 unspecified atom stereocenters. The Morgan fingerprint density at radius 1 is 1.10 bits per heavy atom. The summed E-state index contributed by atoms with van der Waals surface area (Å²) in [6.45, 7) is 10.9. The van der Waals surface area contributed by atoms with Crippen LogP contribution in [0.3, 0.4) is 0 Å². The highest BCUT2D eigenvalue weighted by atomic mass is 16.7. The fraction of sp³-hybridized carbons (Fsp3) is 0.556. The Hall–Kier alpha value is -1.28. The van der Waals surface area contributed by atoms with Gasteiger partial charge in [0.2, 0.25) is 5.79 Å². The predicted octanol–water partition coefficient (Wildman–Crippen LogP) is 5.43. The molecule has 0 fully saturated rings. The Labute approximate surface area is 123 Å². The summed E-state index contributed by atoms with van der Waals surface area (Å²) in [7, 11) is 0. The standard InChI is InChI=1S/C18H28O2/c1-5-8-9-15-19-18(4,14-6-2)20-17-12-10-16(7-3)11-13-17/h7,10-13H,3,5-6,8-9,14-15H2,1-2,4H3. The second-order valence-corrected chi connectivity index (χ2v) is 5.31. The molecule has 1 atom stereocenters. The Balaban J connectivity index is 2.60. The van der Waals surface area contributed by atoms with Crippen LogP contribution in [0.25, 0.3) is 6.08 Å². The maximum Gasteiger partial charge on any atom is 0.207 e. The molecule has 1 aromatic rings. The van der Waals surface area contributed by atoms with Crippen molar-refractivity contribution in [3.8, 4) is 5.75 Å². The van der Waals surface area contributed by atoms with Crippen molar-refractivity contribution in [1.29, 1.82) is 0 Å². The fourth-order valence-corrected chi connectivity index (χ4v) is 2.17. The summed E-state index contributed by atoms with van der Waals surface area (Å²) in [6.07, 6.45) is 7.26. The highest BCUT2D eigenvalue weighted by Crippen LogP contribution is 2.25. The Kier molecular flexibility index (Phi) is 7.38. The van der Waals surface area contributed by atoms with E-state index in [1.807, 2.05) is 37.3 Å². The quantitative estimate of drug-likeness (QED) is 0.419. The summed E-state index contributed by atoms with van der Waals surface area (Å²) in [5, 5.41) is 0. The van der Waals surface area contributed by atoms with Gasteiger partial charge in [-0.3, -0.25) is 0 Å². The highest BCUT2D eigenvalue weighted by molar-refractivity contribution is 5.48.